The zero-order chi connectivity index (χ0) is 13.8. The zero-order valence-corrected chi connectivity index (χ0v) is 10.2. The first-order valence-electron chi connectivity index (χ1n) is 5.14. The maximum Gasteiger partial charge on any atom is 0.319 e. The fraction of sp³-hybridized carbons (Fsp3) is 0.100. The van der Waals surface area contributed by atoms with Crippen LogP contribution in [0.1, 0.15) is 15.9 Å². The Morgan fingerprint density at radius 3 is 3.00 bits per heavy atom. The van der Waals surface area contributed by atoms with Gasteiger partial charge in [0.25, 0.3) is 5.91 Å². The Bertz CT molecular complexity index is 614. The van der Waals surface area contributed by atoms with Crippen LogP contribution in [0.15, 0.2) is 24.7 Å². The topological polar surface area (TPSA) is 114 Å². The molecular weight excluding hydrogens is 274 g/mol. The number of nitrogens with one attached hydrogen (secondary N) is 2. The van der Waals surface area contributed by atoms with Gasteiger partial charge in [0, 0.05) is 24.5 Å². The fourth-order valence-corrected chi connectivity index (χ4v) is 1.66. The Labute approximate surface area is 112 Å². The number of amides is 1. The highest BCUT2D eigenvalue weighted by Crippen LogP contribution is 2.25. The van der Waals surface area contributed by atoms with Crippen molar-refractivity contribution in [2.75, 3.05) is 0 Å². The fourth-order valence-electron chi connectivity index (χ4n) is 1.44. The van der Waals surface area contributed by atoms with Gasteiger partial charge >= 0.3 is 5.69 Å². The third kappa shape index (κ3) is 2.86. The van der Waals surface area contributed by atoms with E-state index < -0.39 is 16.5 Å². The summed E-state index contributed by atoms with van der Waals surface area (Å²) in [5.41, 5.74) is 0.110. The third-order valence-corrected chi connectivity index (χ3v) is 2.59. The lowest BCUT2D eigenvalue weighted by Crippen LogP contribution is -2.23. The first-order chi connectivity index (χ1) is 9.09. The number of carbonyl (C=O) groups excluding carboxylic acids is 1. The van der Waals surface area contributed by atoms with Gasteiger partial charge in [-0.1, -0.05) is 11.6 Å². The number of H-pyrrole nitrogens is 1. The zero-order valence-electron chi connectivity index (χ0n) is 9.46. The molecule has 2 heterocycles. The number of hydrogen-bond acceptors (Lipinski definition) is 5. The molecule has 0 spiro atoms. The number of rotatable bonds is 4. The molecule has 0 unspecified atom stereocenters. The Morgan fingerprint density at radius 1 is 1.58 bits per heavy atom. The number of nitrogens with zero attached hydrogens (tertiary/aromatic N) is 3. The van der Waals surface area contributed by atoms with Gasteiger partial charge in [0.1, 0.15) is 5.56 Å². The molecule has 0 saturated carbocycles. The lowest BCUT2D eigenvalue weighted by Gasteiger charge is -2.04. The SMILES string of the molecule is O=C(NCc1cn[nH]c1)c1ccnc(Cl)c1[N+](=O)[O-]. The lowest BCUT2D eigenvalue weighted by atomic mass is 10.2. The summed E-state index contributed by atoms with van der Waals surface area (Å²) in [6.07, 6.45) is 4.38. The van der Waals surface area contributed by atoms with Crippen LogP contribution in [0.25, 0.3) is 0 Å². The molecule has 2 N–H and O–H groups in total. The molecule has 0 atom stereocenters. The molecule has 0 aliphatic rings. The van der Waals surface area contributed by atoms with E-state index in [1.54, 1.807) is 6.20 Å². The van der Waals surface area contributed by atoms with E-state index in [4.69, 9.17) is 11.6 Å². The van der Waals surface area contributed by atoms with E-state index in [1.165, 1.54) is 18.5 Å². The molecule has 0 aliphatic carbocycles. The molecule has 0 fully saturated rings. The molecule has 0 aromatic carbocycles. The van der Waals surface area contributed by atoms with Crippen molar-refractivity contribution in [3.05, 3.63) is 51.1 Å². The van der Waals surface area contributed by atoms with Gasteiger partial charge < -0.3 is 5.32 Å². The van der Waals surface area contributed by atoms with E-state index in [2.05, 4.69) is 20.5 Å². The molecule has 98 valence electrons. The first kappa shape index (κ1) is 13.0. The van der Waals surface area contributed by atoms with Crippen LogP contribution >= 0.6 is 11.6 Å². The predicted octanol–water partition coefficient (Wildman–Crippen LogP) is 1.30. The molecular formula is C10H8ClN5O3. The molecule has 1 amide bonds. The van der Waals surface area contributed by atoms with Crippen LogP contribution < -0.4 is 5.32 Å². The van der Waals surface area contributed by atoms with Crippen molar-refractivity contribution < 1.29 is 9.72 Å². The summed E-state index contributed by atoms with van der Waals surface area (Å²) in [5, 5.41) is 19.4. The van der Waals surface area contributed by atoms with Gasteiger partial charge in [0.15, 0.2) is 0 Å². The standard InChI is InChI=1S/C10H8ClN5O3/c11-9-8(16(18)19)7(1-2-12-9)10(17)13-3-6-4-14-15-5-6/h1-2,4-5H,3H2,(H,13,17)(H,14,15). The summed E-state index contributed by atoms with van der Waals surface area (Å²) >= 11 is 5.62. The Kier molecular flexibility index (Phi) is 3.71. The van der Waals surface area contributed by atoms with Gasteiger partial charge in [0.2, 0.25) is 5.15 Å². The number of aromatic amines is 1. The third-order valence-electron chi connectivity index (χ3n) is 2.31. The minimum atomic E-state index is -0.734. The maximum absolute atomic E-state index is 11.9. The van der Waals surface area contributed by atoms with Gasteiger partial charge in [-0.3, -0.25) is 20.0 Å². The Hall–Kier alpha value is -2.48. The Balaban J connectivity index is 2.19. The molecule has 2 rings (SSSR count). The molecule has 19 heavy (non-hydrogen) atoms. The second kappa shape index (κ2) is 5.44. The average molecular weight is 282 g/mol. The molecule has 9 heteroatoms. The maximum atomic E-state index is 11.9. The van der Waals surface area contributed by atoms with Crippen molar-refractivity contribution >= 4 is 23.2 Å². The highest BCUT2D eigenvalue weighted by molar-refractivity contribution is 6.32. The molecule has 0 aliphatic heterocycles. The van der Waals surface area contributed by atoms with E-state index in [9.17, 15) is 14.9 Å². The summed E-state index contributed by atoms with van der Waals surface area (Å²) in [4.78, 5) is 25.6. The van der Waals surface area contributed by atoms with Crippen LogP contribution in [0.5, 0.6) is 0 Å². The quantitative estimate of drug-likeness (QED) is 0.498. The minimum absolute atomic E-state index is 0.131. The van der Waals surface area contributed by atoms with Crippen LogP contribution in [0, 0.1) is 10.1 Å². The highest BCUT2D eigenvalue weighted by atomic mass is 35.5. The van der Waals surface area contributed by atoms with E-state index in [0.717, 1.165) is 5.56 Å². The van der Waals surface area contributed by atoms with Gasteiger partial charge in [-0.05, 0) is 6.07 Å². The van der Waals surface area contributed by atoms with Gasteiger partial charge in [-0.15, -0.1) is 0 Å². The number of hydrogen-bond donors (Lipinski definition) is 2. The van der Waals surface area contributed by atoms with Crippen molar-refractivity contribution in [2.45, 2.75) is 6.54 Å². The molecule has 0 bridgehead atoms. The van der Waals surface area contributed by atoms with Gasteiger partial charge in [0.05, 0.1) is 11.1 Å². The minimum Gasteiger partial charge on any atom is -0.348 e. The summed E-state index contributed by atoms with van der Waals surface area (Å²) in [5.74, 6) is -0.600. The molecule has 8 nitrogen and oxygen atoms in total. The van der Waals surface area contributed by atoms with Crippen molar-refractivity contribution in [3.63, 3.8) is 0 Å². The molecule has 2 aromatic rings. The molecule has 0 saturated heterocycles. The number of halogens is 1. The average Bonchev–Trinajstić information content (AvgIpc) is 2.88. The van der Waals surface area contributed by atoms with E-state index in [-0.39, 0.29) is 17.3 Å². The number of carbonyl (C=O) groups is 1. The number of pyridine rings is 1. The van der Waals surface area contributed by atoms with E-state index in [0.29, 0.717) is 0 Å². The van der Waals surface area contributed by atoms with Crippen LogP contribution in [0.3, 0.4) is 0 Å². The van der Waals surface area contributed by atoms with Gasteiger partial charge in [-0.25, -0.2) is 4.98 Å². The predicted molar refractivity (Wildman–Crippen MR) is 65.7 cm³/mol. The second-order valence-corrected chi connectivity index (χ2v) is 3.90. The highest BCUT2D eigenvalue weighted by Gasteiger charge is 2.24. The molecule has 2 aromatic heterocycles. The second-order valence-electron chi connectivity index (χ2n) is 3.54. The monoisotopic (exact) mass is 281 g/mol. The summed E-state index contributed by atoms with van der Waals surface area (Å²) < 4.78 is 0. The van der Waals surface area contributed by atoms with Gasteiger partial charge in [-0.2, -0.15) is 5.10 Å². The normalized spacial score (nSPS) is 10.2. The summed E-state index contributed by atoms with van der Waals surface area (Å²) in [6.45, 7) is 0.201. The van der Waals surface area contributed by atoms with Crippen LogP contribution in [0.2, 0.25) is 5.15 Å². The van der Waals surface area contributed by atoms with Crippen molar-refractivity contribution in [1.82, 2.24) is 20.5 Å². The smallest absolute Gasteiger partial charge is 0.319 e. The van der Waals surface area contributed by atoms with Crippen molar-refractivity contribution in [2.24, 2.45) is 0 Å². The van der Waals surface area contributed by atoms with E-state index in [1.807, 2.05) is 0 Å². The largest absolute Gasteiger partial charge is 0.348 e. The van der Waals surface area contributed by atoms with Crippen LogP contribution in [-0.4, -0.2) is 26.0 Å². The summed E-state index contributed by atoms with van der Waals surface area (Å²) in [6, 6.07) is 1.24. The van der Waals surface area contributed by atoms with E-state index >= 15 is 0 Å². The van der Waals surface area contributed by atoms with Crippen molar-refractivity contribution in [3.8, 4) is 0 Å². The van der Waals surface area contributed by atoms with Crippen LogP contribution in [-0.2, 0) is 6.54 Å². The Morgan fingerprint density at radius 2 is 2.37 bits per heavy atom. The molecule has 0 radical (unpaired) electrons. The number of aromatic nitrogens is 3. The summed E-state index contributed by atoms with van der Waals surface area (Å²) in [7, 11) is 0. The first-order valence-corrected chi connectivity index (χ1v) is 5.52. The number of nitro groups is 1. The lowest BCUT2D eigenvalue weighted by molar-refractivity contribution is -0.385. The van der Waals surface area contributed by atoms with Crippen molar-refractivity contribution in [1.29, 1.82) is 0 Å². The van der Waals surface area contributed by atoms with Crippen LogP contribution in [0.4, 0.5) is 5.69 Å².